The Balaban J connectivity index is 1.47. The summed E-state index contributed by atoms with van der Waals surface area (Å²) in [5.41, 5.74) is 1.19. The highest BCUT2D eigenvalue weighted by Crippen LogP contribution is 2.35. The van der Waals surface area contributed by atoms with Gasteiger partial charge in [0.2, 0.25) is 5.91 Å². The molecule has 1 saturated heterocycles. The Bertz CT molecular complexity index is 1020. The van der Waals surface area contributed by atoms with E-state index in [-0.39, 0.29) is 17.4 Å². The van der Waals surface area contributed by atoms with Crippen LogP contribution >= 0.6 is 0 Å². The van der Waals surface area contributed by atoms with E-state index in [0.717, 1.165) is 51.0 Å². The van der Waals surface area contributed by atoms with Crippen LogP contribution in [0.4, 0.5) is 5.82 Å². The lowest BCUT2D eigenvalue weighted by Crippen LogP contribution is -2.50. The van der Waals surface area contributed by atoms with Gasteiger partial charge in [0.1, 0.15) is 29.2 Å². The second-order valence-corrected chi connectivity index (χ2v) is 11.8. The molecule has 2 fully saturated rings. The average Bonchev–Trinajstić information content (AvgIpc) is 3.17. The molecule has 192 valence electrons. The van der Waals surface area contributed by atoms with Crippen LogP contribution in [0.5, 0.6) is 0 Å². The minimum Gasteiger partial charge on any atom is -0.356 e. The molecule has 8 heteroatoms. The van der Waals surface area contributed by atoms with E-state index < -0.39 is 0 Å². The predicted molar refractivity (Wildman–Crippen MR) is 140 cm³/mol. The molecule has 0 aromatic carbocycles. The number of likely N-dealkylation sites (tertiary alicyclic amines) is 1. The molecule has 0 bridgehead atoms. The summed E-state index contributed by atoms with van der Waals surface area (Å²) in [7, 11) is 0. The molecule has 4 atom stereocenters. The lowest BCUT2D eigenvalue weighted by Gasteiger charge is -2.41. The van der Waals surface area contributed by atoms with Crippen LogP contribution in [0.2, 0.25) is 0 Å². The number of carbonyl (C=O) groups is 1. The van der Waals surface area contributed by atoms with Gasteiger partial charge in [-0.25, -0.2) is 19.9 Å². The Morgan fingerprint density at radius 2 is 1.94 bits per heavy atom. The van der Waals surface area contributed by atoms with E-state index in [0.29, 0.717) is 40.8 Å². The minimum atomic E-state index is -0.278. The van der Waals surface area contributed by atoms with Crippen LogP contribution in [0, 0.1) is 11.8 Å². The fourth-order valence-corrected chi connectivity index (χ4v) is 5.58. The van der Waals surface area contributed by atoms with Gasteiger partial charge in [-0.05, 0) is 50.5 Å². The Morgan fingerprint density at radius 3 is 2.66 bits per heavy atom. The van der Waals surface area contributed by atoms with Crippen LogP contribution < -0.4 is 10.6 Å². The van der Waals surface area contributed by atoms with Crippen molar-refractivity contribution in [2.24, 2.45) is 11.8 Å². The first-order valence-corrected chi connectivity index (χ1v) is 13.5. The molecule has 4 rings (SSSR count). The van der Waals surface area contributed by atoms with Crippen LogP contribution in [0.15, 0.2) is 12.5 Å². The molecule has 0 spiro atoms. The number of nitrogens with zero attached hydrogens (tertiary/aromatic N) is 5. The van der Waals surface area contributed by atoms with Crippen LogP contribution in [-0.2, 0) is 10.2 Å². The Hall–Kier alpha value is -2.35. The Morgan fingerprint density at radius 1 is 1.14 bits per heavy atom. The number of hydrogen-bond donors (Lipinski definition) is 2. The number of amides is 1. The molecular weight excluding hydrogens is 438 g/mol. The molecule has 0 radical (unpaired) electrons. The third-order valence-corrected chi connectivity index (χ3v) is 7.42. The number of aromatic nitrogens is 4. The summed E-state index contributed by atoms with van der Waals surface area (Å²) in [6, 6.07) is 0.629. The summed E-state index contributed by atoms with van der Waals surface area (Å²) in [5, 5.41) is 7.19. The van der Waals surface area contributed by atoms with Gasteiger partial charge in [0.05, 0.1) is 6.20 Å². The molecule has 1 aliphatic carbocycles. The van der Waals surface area contributed by atoms with Crippen molar-refractivity contribution in [1.82, 2.24) is 30.2 Å². The van der Waals surface area contributed by atoms with Crippen molar-refractivity contribution in [3.63, 3.8) is 0 Å². The highest BCUT2D eigenvalue weighted by atomic mass is 16.2. The molecule has 35 heavy (non-hydrogen) atoms. The zero-order valence-corrected chi connectivity index (χ0v) is 22.3. The lowest BCUT2D eigenvalue weighted by molar-refractivity contribution is -0.132. The van der Waals surface area contributed by atoms with Gasteiger partial charge in [0, 0.05) is 24.0 Å². The van der Waals surface area contributed by atoms with E-state index in [1.165, 1.54) is 12.7 Å². The number of fused-ring (bicyclic) bond motifs is 1. The molecule has 2 aliphatic rings. The van der Waals surface area contributed by atoms with Crippen molar-refractivity contribution in [1.29, 1.82) is 0 Å². The third-order valence-electron chi connectivity index (χ3n) is 7.42. The fraction of sp³-hybridized carbons (Fsp3) is 0.741. The predicted octanol–water partition coefficient (Wildman–Crippen LogP) is 4.31. The van der Waals surface area contributed by atoms with E-state index in [9.17, 15) is 4.79 Å². The van der Waals surface area contributed by atoms with Crippen molar-refractivity contribution in [3.8, 4) is 0 Å². The normalized spacial score (nSPS) is 25.6. The quantitative estimate of drug-likeness (QED) is 0.580. The SMILES string of the molecule is CCC[C@@H]1C[C@H](NCC(C)C)CC[C@@H]1N1CC[C@H](Nc2ncnc3cnc(C(C)(C)C)nc23)C1=O. The van der Waals surface area contributed by atoms with Gasteiger partial charge in [-0.15, -0.1) is 0 Å². The van der Waals surface area contributed by atoms with Gasteiger partial charge in [-0.2, -0.15) is 0 Å². The Kier molecular flexibility index (Phi) is 7.89. The van der Waals surface area contributed by atoms with Crippen molar-refractivity contribution < 1.29 is 4.79 Å². The smallest absolute Gasteiger partial charge is 0.245 e. The van der Waals surface area contributed by atoms with Gasteiger partial charge in [-0.1, -0.05) is 48.0 Å². The second-order valence-electron chi connectivity index (χ2n) is 11.8. The second kappa shape index (κ2) is 10.7. The van der Waals surface area contributed by atoms with Crippen molar-refractivity contribution >= 4 is 22.8 Å². The van der Waals surface area contributed by atoms with Crippen LogP contribution in [-0.4, -0.2) is 62.0 Å². The number of nitrogens with one attached hydrogen (secondary N) is 2. The third kappa shape index (κ3) is 5.90. The molecule has 0 unspecified atom stereocenters. The molecule has 8 nitrogen and oxygen atoms in total. The van der Waals surface area contributed by atoms with Crippen LogP contribution in [0.1, 0.15) is 85.9 Å². The van der Waals surface area contributed by atoms with Crippen LogP contribution in [0.25, 0.3) is 11.0 Å². The summed E-state index contributed by atoms with van der Waals surface area (Å²) < 4.78 is 0. The molecule has 1 saturated carbocycles. The summed E-state index contributed by atoms with van der Waals surface area (Å²) in [4.78, 5) is 33.8. The largest absolute Gasteiger partial charge is 0.356 e. The highest BCUT2D eigenvalue weighted by Gasteiger charge is 2.41. The van der Waals surface area contributed by atoms with Gasteiger partial charge in [-0.3, -0.25) is 4.79 Å². The maximum Gasteiger partial charge on any atom is 0.245 e. The Labute approximate surface area is 210 Å². The average molecular weight is 482 g/mol. The maximum absolute atomic E-state index is 13.6. The summed E-state index contributed by atoms with van der Waals surface area (Å²) in [5.74, 6) is 2.78. The lowest BCUT2D eigenvalue weighted by atomic mass is 9.78. The molecular formula is C27H43N7O. The van der Waals surface area contributed by atoms with Crippen molar-refractivity contribution in [2.45, 2.75) is 104 Å². The monoisotopic (exact) mass is 481 g/mol. The number of carbonyl (C=O) groups excluding carboxylic acids is 1. The molecule has 2 aromatic rings. The van der Waals surface area contributed by atoms with Crippen molar-refractivity contribution in [2.75, 3.05) is 18.4 Å². The topological polar surface area (TPSA) is 95.9 Å². The zero-order valence-electron chi connectivity index (χ0n) is 22.3. The van der Waals surface area contributed by atoms with Crippen LogP contribution in [0.3, 0.4) is 0 Å². The first kappa shape index (κ1) is 25.7. The first-order chi connectivity index (χ1) is 16.7. The molecule has 1 aliphatic heterocycles. The van der Waals surface area contributed by atoms with E-state index in [2.05, 4.69) is 72.0 Å². The minimum absolute atomic E-state index is 0.182. The summed E-state index contributed by atoms with van der Waals surface area (Å²) >= 11 is 0. The van der Waals surface area contributed by atoms with E-state index >= 15 is 0 Å². The van der Waals surface area contributed by atoms with Crippen molar-refractivity contribution in [3.05, 3.63) is 18.3 Å². The van der Waals surface area contributed by atoms with Gasteiger partial charge in [0.25, 0.3) is 0 Å². The standard InChI is InChI=1S/C27H43N7O/c1-7-8-18-13-19(28-14-17(2)3)9-10-22(18)34-12-11-20(25(34)35)32-24-23-21(30-16-31-24)15-29-26(33-23)27(4,5)6/h15-20,22,28H,7-14H2,1-6H3,(H,30,31,32)/t18-,19-,20+,22+/m1/s1. The van der Waals surface area contributed by atoms with Gasteiger partial charge in [0.15, 0.2) is 5.82 Å². The first-order valence-electron chi connectivity index (χ1n) is 13.5. The van der Waals surface area contributed by atoms with E-state index in [4.69, 9.17) is 4.98 Å². The van der Waals surface area contributed by atoms with E-state index in [1.807, 2.05) is 0 Å². The number of anilines is 1. The summed E-state index contributed by atoms with van der Waals surface area (Å²) in [6.45, 7) is 14.9. The molecule has 1 amide bonds. The number of rotatable bonds is 8. The number of hydrogen-bond acceptors (Lipinski definition) is 7. The fourth-order valence-electron chi connectivity index (χ4n) is 5.58. The van der Waals surface area contributed by atoms with Gasteiger partial charge < -0.3 is 15.5 Å². The summed E-state index contributed by atoms with van der Waals surface area (Å²) in [6.07, 6.45) is 9.77. The molecule has 2 aromatic heterocycles. The van der Waals surface area contributed by atoms with E-state index in [1.54, 1.807) is 6.20 Å². The van der Waals surface area contributed by atoms with Gasteiger partial charge >= 0.3 is 0 Å². The molecule has 3 heterocycles. The molecule has 2 N–H and O–H groups in total. The highest BCUT2D eigenvalue weighted by molar-refractivity contribution is 5.90. The zero-order chi connectivity index (χ0) is 25.2. The maximum atomic E-state index is 13.6.